The van der Waals surface area contributed by atoms with Crippen LogP contribution in [0.15, 0.2) is 0 Å². The van der Waals surface area contributed by atoms with Crippen LogP contribution in [0.3, 0.4) is 0 Å². The summed E-state index contributed by atoms with van der Waals surface area (Å²) in [5, 5.41) is 15.0. The first-order valence-corrected chi connectivity index (χ1v) is 6.26. The molecular weight excluding hydrogens is 220 g/mol. The third-order valence-corrected chi connectivity index (χ3v) is 2.72. The second kappa shape index (κ2) is 6.21. The summed E-state index contributed by atoms with van der Waals surface area (Å²) in [6.07, 6.45) is 2.18. The molecular formula is C12H24N2O3. The van der Waals surface area contributed by atoms with Gasteiger partial charge >= 0.3 is 6.09 Å². The molecule has 1 saturated heterocycles. The molecule has 0 radical (unpaired) electrons. The van der Waals surface area contributed by atoms with Gasteiger partial charge in [0.1, 0.15) is 5.60 Å². The van der Waals surface area contributed by atoms with E-state index in [2.05, 4.69) is 10.6 Å². The molecule has 1 aliphatic rings. The van der Waals surface area contributed by atoms with E-state index in [-0.39, 0.29) is 24.8 Å². The largest absolute Gasteiger partial charge is 0.444 e. The first-order chi connectivity index (χ1) is 7.92. The summed E-state index contributed by atoms with van der Waals surface area (Å²) >= 11 is 0. The predicted octanol–water partition coefficient (Wildman–Crippen LogP) is 1.01. The van der Waals surface area contributed by atoms with Crippen molar-refractivity contribution >= 4 is 6.09 Å². The van der Waals surface area contributed by atoms with E-state index in [9.17, 15) is 4.79 Å². The van der Waals surface area contributed by atoms with Gasteiger partial charge in [-0.15, -0.1) is 0 Å². The summed E-state index contributed by atoms with van der Waals surface area (Å²) in [6.45, 7) is 6.64. The predicted molar refractivity (Wildman–Crippen MR) is 65.9 cm³/mol. The Balaban J connectivity index is 2.36. The minimum Gasteiger partial charge on any atom is -0.444 e. The fourth-order valence-corrected chi connectivity index (χ4v) is 2.01. The Morgan fingerprint density at radius 1 is 1.53 bits per heavy atom. The van der Waals surface area contributed by atoms with Crippen molar-refractivity contribution in [3.63, 3.8) is 0 Å². The van der Waals surface area contributed by atoms with Crippen molar-refractivity contribution in [3.8, 4) is 0 Å². The van der Waals surface area contributed by atoms with Gasteiger partial charge in [-0.05, 0) is 46.6 Å². The van der Waals surface area contributed by atoms with Crippen LogP contribution in [0, 0.1) is 0 Å². The van der Waals surface area contributed by atoms with Gasteiger partial charge in [-0.1, -0.05) is 0 Å². The lowest BCUT2D eigenvalue weighted by atomic mass is 10.1. The van der Waals surface area contributed by atoms with Crippen molar-refractivity contribution in [3.05, 3.63) is 0 Å². The van der Waals surface area contributed by atoms with Gasteiger partial charge in [0, 0.05) is 18.7 Å². The molecule has 0 saturated carbocycles. The molecule has 0 aliphatic carbocycles. The minimum absolute atomic E-state index is 0.108. The van der Waals surface area contributed by atoms with Gasteiger partial charge in [0.05, 0.1) is 0 Å². The van der Waals surface area contributed by atoms with Crippen LogP contribution in [0.25, 0.3) is 0 Å². The number of rotatable bonds is 4. The highest BCUT2D eigenvalue weighted by Gasteiger charge is 2.29. The van der Waals surface area contributed by atoms with Gasteiger partial charge in [-0.25, -0.2) is 4.79 Å². The van der Waals surface area contributed by atoms with Crippen LogP contribution in [0.1, 0.15) is 40.0 Å². The van der Waals surface area contributed by atoms with E-state index in [1.165, 1.54) is 0 Å². The van der Waals surface area contributed by atoms with E-state index < -0.39 is 5.60 Å². The third kappa shape index (κ3) is 5.37. The molecule has 1 amide bonds. The SMILES string of the molecule is CC(C)(C)OC(=O)N[C@H]1CCN[C@H]1CCCO. The summed E-state index contributed by atoms with van der Waals surface area (Å²) in [4.78, 5) is 11.6. The lowest BCUT2D eigenvalue weighted by Crippen LogP contribution is -2.45. The number of alkyl carbamates (subject to hydrolysis) is 1. The highest BCUT2D eigenvalue weighted by Crippen LogP contribution is 2.14. The Bertz CT molecular complexity index is 251. The Morgan fingerprint density at radius 2 is 2.24 bits per heavy atom. The van der Waals surface area contributed by atoms with Crippen LogP contribution in [-0.2, 0) is 4.74 Å². The molecule has 0 aromatic carbocycles. The van der Waals surface area contributed by atoms with E-state index in [0.717, 1.165) is 25.8 Å². The summed E-state index contributed by atoms with van der Waals surface area (Å²) in [5.74, 6) is 0. The van der Waals surface area contributed by atoms with Crippen LogP contribution in [0.4, 0.5) is 4.79 Å². The fraction of sp³-hybridized carbons (Fsp3) is 0.917. The zero-order valence-corrected chi connectivity index (χ0v) is 11.0. The molecule has 1 fully saturated rings. The van der Waals surface area contributed by atoms with Crippen LogP contribution < -0.4 is 10.6 Å². The third-order valence-electron chi connectivity index (χ3n) is 2.72. The normalized spacial score (nSPS) is 24.7. The van der Waals surface area contributed by atoms with Gasteiger partial charge in [0.25, 0.3) is 0 Å². The zero-order chi connectivity index (χ0) is 12.9. The van der Waals surface area contributed by atoms with E-state index in [0.29, 0.717) is 0 Å². The van der Waals surface area contributed by atoms with Crippen LogP contribution in [-0.4, -0.2) is 42.0 Å². The van der Waals surface area contributed by atoms with Crippen molar-refractivity contribution in [2.24, 2.45) is 0 Å². The summed E-state index contributed by atoms with van der Waals surface area (Å²) in [7, 11) is 0. The molecule has 1 heterocycles. The Morgan fingerprint density at radius 3 is 2.82 bits per heavy atom. The number of ether oxygens (including phenoxy) is 1. The van der Waals surface area contributed by atoms with Gasteiger partial charge in [0.2, 0.25) is 0 Å². The van der Waals surface area contributed by atoms with Crippen molar-refractivity contribution in [1.82, 2.24) is 10.6 Å². The molecule has 5 nitrogen and oxygen atoms in total. The smallest absolute Gasteiger partial charge is 0.407 e. The average molecular weight is 244 g/mol. The number of carbonyl (C=O) groups is 1. The zero-order valence-electron chi connectivity index (χ0n) is 11.0. The molecule has 2 atom stereocenters. The van der Waals surface area contributed by atoms with Crippen LogP contribution in [0.2, 0.25) is 0 Å². The molecule has 1 aliphatic heterocycles. The van der Waals surface area contributed by atoms with Crippen LogP contribution in [0.5, 0.6) is 0 Å². The van der Waals surface area contributed by atoms with E-state index in [4.69, 9.17) is 9.84 Å². The number of aliphatic hydroxyl groups excluding tert-OH is 1. The number of hydrogen-bond acceptors (Lipinski definition) is 4. The van der Waals surface area contributed by atoms with Gasteiger partial charge in [-0.2, -0.15) is 0 Å². The second-order valence-corrected chi connectivity index (χ2v) is 5.47. The van der Waals surface area contributed by atoms with Crippen molar-refractivity contribution < 1.29 is 14.6 Å². The van der Waals surface area contributed by atoms with E-state index >= 15 is 0 Å². The highest BCUT2D eigenvalue weighted by atomic mass is 16.6. The molecule has 0 aromatic heterocycles. The molecule has 1 rings (SSSR count). The van der Waals surface area contributed by atoms with E-state index in [1.807, 2.05) is 20.8 Å². The standard InChI is InChI=1S/C12H24N2O3/c1-12(2,3)17-11(16)14-10-6-7-13-9(10)5-4-8-15/h9-10,13,15H,4-8H2,1-3H3,(H,14,16)/t9-,10-/m0/s1. The molecule has 17 heavy (non-hydrogen) atoms. The number of amides is 1. The van der Waals surface area contributed by atoms with Gasteiger partial charge < -0.3 is 20.5 Å². The summed E-state index contributed by atoms with van der Waals surface area (Å²) in [6, 6.07) is 0.353. The Labute approximate surface area is 103 Å². The number of aliphatic hydroxyl groups is 1. The summed E-state index contributed by atoms with van der Waals surface area (Å²) < 4.78 is 5.23. The lowest BCUT2D eigenvalue weighted by Gasteiger charge is -2.24. The van der Waals surface area contributed by atoms with Crippen molar-refractivity contribution in [2.45, 2.75) is 57.7 Å². The average Bonchev–Trinajstić information content (AvgIpc) is 2.59. The molecule has 100 valence electrons. The number of carbonyl (C=O) groups excluding carboxylic acids is 1. The minimum atomic E-state index is -0.462. The Kier molecular flexibility index (Phi) is 5.21. The van der Waals surface area contributed by atoms with E-state index in [1.54, 1.807) is 0 Å². The van der Waals surface area contributed by atoms with Crippen molar-refractivity contribution in [1.29, 1.82) is 0 Å². The highest BCUT2D eigenvalue weighted by molar-refractivity contribution is 5.68. The quantitative estimate of drug-likeness (QED) is 0.690. The topological polar surface area (TPSA) is 70.6 Å². The molecule has 0 spiro atoms. The fourth-order valence-electron chi connectivity index (χ4n) is 2.01. The molecule has 3 N–H and O–H groups in total. The number of nitrogens with one attached hydrogen (secondary N) is 2. The maximum atomic E-state index is 11.6. The lowest BCUT2D eigenvalue weighted by molar-refractivity contribution is 0.0499. The molecule has 5 heteroatoms. The first kappa shape index (κ1) is 14.3. The Hall–Kier alpha value is -0.810. The first-order valence-electron chi connectivity index (χ1n) is 6.26. The maximum Gasteiger partial charge on any atom is 0.407 e. The molecule has 0 unspecified atom stereocenters. The molecule has 0 aromatic rings. The molecule has 0 bridgehead atoms. The maximum absolute atomic E-state index is 11.6. The van der Waals surface area contributed by atoms with Gasteiger partial charge in [0.15, 0.2) is 0 Å². The van der Waals surface area contributed by atoms with Crippen molar-refractivity contribution in [2.75, 3.05) is 13.2 Å². The summed E-state index contributed by atoms with van der Waals surface area (Å²) in [5.41, 5.74) is -0.462. The second-order valence-electron chi connectivity index (χ2n) is 5.47. The monoisotopic (exact) mass is 244 g/mol. The number of hydrogen-bond donors (Lipinski definition) is 3. The van der Waals surface area contributed by atoms with Gasteiger partial charge in [-0.3, -0.25) is 0 Å². The van der Waals surface area contributed by atoms with Crippen LogP contribution >= 0.6 is 0 Å².